The molecule has 3 heteroatoms. The van der Waals surface area contributed by atoms with Crippen molar-refractivity contribution in [3.8, 4) is 11.4 Å². The Kier molecular flexibility index (Phi) is 2.92. The summed E-state index contributed by atoms with van der Waals surface area (Å²) < 4.78 is 7.69. The maximum Gasteiger partial charge on any atom is 0.331 e. The van der Waals surface area contributed by atoms with Gasteiger partial charge < -0.3 is 4.42 Å². The molecule has 0 bridgehead atoms. The van der Waals surface area contributed by atoms with Gasteiger partial charge in [0.15, 0.2) is 5.52 Å². The fourth-order valence-corrected chi connectivity index (χ4v) is 3.59. The molecule has 5 aromatic rings. The first kappa shape index (κ1) is 14.2. The Morgan fingerprint density at radius 1 is 0.920 bits per heavy atom. The van der Waals surface area contributed by atoms with E-state index in [4.69, 9.17) is 9.40 Å². The molecule has 0 aliphatic carbocycles. The van der Waals surface area contributed by atoms with Crippen molar-refractivity contribution in [2.24, 2.45) is 7.05 Å². The van der Waals surface area contributed by atoms with E-state index in [1.807, 2.05) is 12.1 Å². The van der Waals surface area contributed by atoms with Crippen LogP contribution in [0.1, 0.15) is 5.56 Å². The zero-order valence-corrected chi connectivity index (χ0v) is 14.2. The Hall–Kier alpha value is -3.20. The van der Waals surface area contributed by atoms with Crippen LogP contribution in [0.25, 0.3) is 44.0 Å². The number of nitrogens with zero attached hydrogens (tertiary/aromatic N) is 2. The number of hydrogen-bond acceptors (Lipinski definition) is 2. The van der Waals surface area contributed by atoms with Gasteiger partial charge in [0.25, 0.3) is 0 Å². The normalized spacial score (nSPS) is 11.6. The molecule has 0 N–H and O–H groups in total. The first-order valence-corrected chi connectivity index (χ1v) is 8.37. The summed E-state index contributed by atoms with van der Waals surface area (Å²) in [4.78, 5) is 5.01. The second kappa shape index (κ2) is 5.15. The molecule has 0 radical (unpaired) electrons. The zero-order chi connectivity index (χ0) is 17.0. The van der Waals surface area contributed by atoms with Gasteiger partial charge in [-0.25, -0.2) is 4.57 Å². The smallest absolute Gasteiger partial charge is 0.331 e. The second-order valence-corrected chi connectivity index (χ2v) is 6.52. The molecule has 0 spiro atoms. The molecule has 0 fully saturated rings. The van der Waals surface area contributed by atoms with Crippen molar-refractivity contribution in [3.63, 3.8) is 0 Å². The summed E-state index contributed by atoms with van der Waals surface area (Å²) in [6.07, 6.45) is 3.89. The summed E-state index contributed by atoms with van der Waals surface area (Å²) >= 11 is 0. The van der Waals surface area contributed by atoms with Crippen LogP contribution < -0.4 is 4.57 Å². The SMILES string of the molecule is Cc1ccc2occc2c1-c1nc2cc3ccccc3cc2c[n+]1C. The van der Waals surface area contributed by atoms with E-state index in [1.54, 1.807) is 6.26 Å². The lowest BCUT2D eigenvalue weighted by Crippen LogP contribution is -2.32. The van der Waals surface area contributed by atoms with E-state index in [0.29, 0.717) is 0 Å². The zero-order valence-electron chi connectivity index (χ0n) is 14.2. The van der Waals surface area contributed by atoms with Gasteiger partial charge >= 0.3 is 5.82 Å². The third-order valence-corrected chi connectivity index (χ3v) is 4.86. The molecular weight excluding hydrogens is 308 g/mol. The van der Waals surface area contributed by atoms with E-state index in [0.717, 1.165) is 33.3 Å². The van der Waals surface area contributed by atoms with Crippen LogP contribution in [0.2, 0.25) is 0 Å². The number of hydrogen-bond donors (Lipinski definition) is 0. The van der Waals surface area contributed by atoms with Gasteiger partial charge in [0.05, 0.1) is 24.3 Å². The maximum atomic E-state index is 5.58. The first-order valence-electron chi connectivity index (χ1n) is 8.37. The van der Waals surface area contributed by atoms with E-state index in [1.165, 1.54) is 16.3 Å². The van der Waals surface area contributed by atoms with Gasteiger partial charge in [0.1, 0.15) is 11.8 Å². The number of fused-ring (bicyclic) bond motifs is 3. The van der Waals surface area contributed by atoms with Crippen molar-refractivity contribution in [1.29, 1.82) is 0 Å². The van der Waals surface area contributed by atoms with Gasteiger partial charge in [-0.1, -0.05) is 30.3 Å². The maximum absolute atomic E-state index is 5.58. The van der Waals surface area contributed by atoms with Gasteiger partial charge in [0, 0.05) is 5.39 Å². The molecule has 0 unspecified atom stereocenters. The number of aryl methyl sites for hydroxylation is 2. The average Bonchev–Trinajstić information content (AvgIpc) is 3.08. The van der Waals surface area contributed by atoms with Crippen molar-refractivity contribution in [3.05, 3.63) is 72.6 Å². The lowest BCUT2D eigenvalue weighted by atomic mass is 10.0. The van der Waals surface area contributed by atoms with Crippen LogP contribution >= 0.6 is 0 Å². The fraction of sp³-hybridized carbons (Fsp3) is 0.0909. The lowest BCUT2D eigenvalue weighted by molar-refractivity contribution is -0.661. The van der Waals surface area contributed by atoms with E-state index in [9.17, 15) is 0 Å². The fourth-order valence-electron chi connectivity index (χ4n) is 3.59. The molecular formula is C22H17N2O+. The summed E-state index contributed by atoms with van der Waals surface area (Å²) in [6.45, 7) is 2.12. The largest absolute Gasteiger partial charge is 0.464 e. The standard InChI is InChI=1S/C22H17N2O/c1-14-7-8-20-18(9-10-25-20)21(14)22-23-19-12-16-6-4-3-5-15(16)11-17(19)13-24(22)2/h3-13H,1-2H3/q+1. The van der Waals surface area contributed by atoms with Crippen LogP contribution in [0.3, 0.4) is 0 Å². The third-order valence-electron chi connectivity index (χ3n) is 4.86. The quantitative estimate of drug-likeness (QED) is 0.323. The predicted octanol–water partition coefficient (Wildman–Crippen LogP) is 4.93. The average molecular weight is 325 g/mol. The summed E-state index contributed by atoms with van der Waals surface area (Å²) in [6, 6.07) is 18.9. The highest BCUT2D eigenvalue weighted by atomic mass is 16.3. The van der Waals surface area contributed by atoms with Crippen molar-refractivity contribution in [2.75, 3.05) is 0 Å². The van der Waals surface area contributed by atoms with Crippen molar-refractivity contribution in [1.82, 2.24) is 4.98 Å². The topological polar surface area (TPSA) is 29.9 Å². The molecule has 0 amide bonds. The van der Waals surface area contributed by atoms with Gasteiger partial charge in [-0.3, -0.25) is 0 Å². The molecule has 0 aliphatic rings. The molecule has 25 heavy (non-hydrogen) atoms. The Labute approximate surface area is 145 Å². The monoisotopic (exact) mass is 325 g/mol. The van der Waals surface area contributed by atoms with Gasteiger partial charge in [-0.15, -0.1) is 0 Å². The number of furan rings is 1. The van der Waals surface area contributed by atoms with Crippen LogP contribution in [-0.2, 0) is 7.05 Å². The number of benzene rings is 3. The molecule has 0 saturated carbocycles. The minimum Gasteiger partial charge on any atom is -0.464 e. The minimum atomic E-state index is 0.890. The predicted molar refractivity (Wildman–Crippen MR) is 100 cm³/mol. The van der Waals surface area contributed by atoms with Gasteiger partial charge in [-0.05, 0) is 52.5 Å². The molecule has 0 saturated heterocycles. The molecule has 3 aromatic carbocycles. The number of aromatic nitrogens is 2. The van der Waals surface area contributed by atoms with Gasteiger partial charge in [0.2, 0.25) is 0 Å². The van der Waals surface area contributed by atoms with Crippen LogP contribution in [0.15, 0.2) is 71.5 Å². The van der Waals surface area contributed by atoms with Crippen molar-refractivity contribution >= 4 is 32.6 Å². The molecule has 5 rings (SSSR count). The minimum absolute atomic E-state index is 0.890. The van der Waals surface area contributed by atoms with Crippen LogP contribution in [-0.4, -0.2) is 4.98 Å². The third kappa shape index (κ3) is 2.13. The van der Waals surface area contributed by atoms with E-state index < -0.39 is 0 Å². The highest BCUT2D eigenvalue weighted by molar-refractivity contribution is 5.97. The molecule has 2 aromatic heterocycles. The highest BCUT2D eigenvalue weighted by Crippen LogP contribution is 2.31. The molecule has 3 nitrogen and oxygen atoms in total. The Morgan fingerprint density at radius 2 is 1.72 bits per heavy atom. The summed E-state index contributed by atoms with van der Waals surface area (Å²) in [5.41, 5.74) is 4.22. The lowest BCUT2D eigenvalue weighted by Gasteiger charge is -2.06. The van der Waals surface area contributed by atoms with Crippen LogP contribution in [0.5, 0.6) is 0 Å². The molecule has 120 valence electrons. The summed E-state index contributed by atoms with van der Waals surface area (Å²) in [7, 11) is 2.05. The number of rotatable bonds is 1. The van der Waals surface area contributed by atoms with Crippen molar-refractivity contribution < 1.29 is 8.98 Å². The van der Waals surface area contributed by atoms with Gasteiger partial charge in [-0.2, -0.15) is 0 Å². The van der Waals surface area contributed by atoms with E-state index in [-0.39, 0.29) is 0 Å². The van der Waals surface area contributed by atoms with E-state index >= 15 is 0 Å². The summed E-state index contributed by atoms with van der Waals surface area (Å²) in [5.74, 6) is 0.951. The molecule has 2 heterocycles. The molecule has 0 atom stereocenters. The first-order chi connectivity index (χ1) is 12.2. The summed E-state index contributed by atoms with van der Waals surface area (Å²) in [5, 5.41) is 4.68. The second-order valence-electron chi connectivity index (χ2n) is 6.52. The van der Waals surface area contributed by atoms with Crippen LogP contribution in [0.4, 0.5) is 0 Å². The Bertz CT molecular complexity index is 1270. The Morgan fingerprint density at radius 3 is 2.56 bits per heavy atom. The Balaban J connectivity index is 1.86. The highest BCUT2D eigenvalue weighted by Gasteiger charge is 2.21. The van der Waals surface area contributed by atoms with Crippen molar-refractivity contribution in [2.45, 2.75) is 6.92 Å². The van der Waals surface area contributed by atoms with E-state index in [2.05, 4.69) is 67.2 Å². The molecule has 0 aliphatic heterocycles. The van der Waals surface area contributed by atoms with Crippen LogP contribution in [0, 0.1) is 6.92 Å².